The SMILES string of the molecule is O=S(=O)(NCC[C@H](O)C1CCOCC1)c1cc(F)cc(F)c1. The number of nitrogens with one attached hydrogen (secondary N) is 1. The van der Waals surface area contributed by atoms with Crippen molar-refractivity contribution in [1.29, 1.82) is 0 Å². The number of rotatable bonds is 6. The zero-order valence-electron chi connectivity index (χ0n) is 12.0. The third-order valence-electron chi connectivity index (χ3n) is 3.69. The van der Waals surface area contributed by atoms with Gasteiger partial charge in [-0.2, -0.15) is 0 Å². The Hall–Kier alpha value is -1.09. The number of hydrogen-bond donors (Lipinski definition) is 2. The fourth-order valence-electron chi connectivity index (χ4n) is 2.44. The minimum absolute atomic E-state index is 0.00100. The van der Waals surface area contributed by atoms with Gasteiger partial charge in [0, 0.05) is 25.8 Å². The maximum Gasteiger partial charge on any atom is 0.240 e. The summed E-state index contributed by atoms with van der Waals surface area (Å²) in [6, 6.07) is 2.11. The monoisotopic (exact) mass is 335 g/mol. The molecule has 1 aliphatic rings. The smallest absolute Gasteiger partial charge is 0.240 e. The van der Waals surface area contributed by atoms with Gasteiger partial charge in [-0.15, -0.1) is 0 Å². The van der Waals surface area contributed by atoms with Gasteiger partial charge in [0.05, 0.1) is 11.0 Å². The molecule has 1 saturated heterocycles. The number of sulfonamides is 1. The third kappa shape index (κ3) is 4.70. The highest BCUT2D eigenvalue weighted by atomic mass is 32.2. The topological polar surface area (TPSA) is 75.6 Å². The first-order chi connectivity index (χ1) is 10.4. The summed E-state index contributed by atoms with van der Waals surface area (Å²) in [5.41, 5.74) is 0. The van der Waals surface area contributed by atoms with E-state index in [1.54, 1.807) is 0 Å². The van der Waals surface area contributed by atoms with Gasteiger partial charge in [-0.05, 0) is 37.3 Å². The molecule has 1 fully saturated rings. The van der Waals surface area contributed by atoms with Crippen LogP contribution in [-0.2, 0) is 14.8 Å². The largest absolute Gasteiger partial charge is 0.393 e. The lowest BCUT2D eigenvalue weighted by Crippen LogP contribution is -2.32. The second-order valence-electron chi connectivity index (χ2n) is 5.31. The normalized spacial score (nSPS) is 18.3. The predicted molar refractivity (Wildman–Crippen MR) is 75.7 cm³/mol. The highest BCUT2D eigenvalue weighted by molar-refractivity contribution is 7.89. The van der Waals surface area contributed by atoms with E-state index in [0.29, 0.717) is 19.3 Å². The summed E-state index contributed by atoms with van der Waals surface area (Å²) in [4.78, 5) is -0.467. The highest BCUT2D eigenvalue weighted by Gasteiger charge is 2.23. The lowest BCUT2D eigenvalue weighted by Gasteiger charge is -2.26. The Labute approximate surface area is 128 Å². The van der Waals surface area contributed by atoms with Crippen molar-refractivity contribution in [3.63, 3.8) is 0 Å². The van der Waals surface area contributed by atoms with Crippen LogP contribution in [0.2, 0.25) is 0 Å². The average Bonchev–Trinajstić information content (AvgIpc) is 2.47. The number of halogens is 2. The van der Waals surface area contributed by atoms with Gasteiger partial charge in [-0.25, -0.2) is 21.9 Å². The van der Waals surface area contributed by atoms with Crippen molar-refractivity contribution >= 4 is 10.0 Å². The first-order valence-electron chi connectivity index (χ1n) is 7.10. The Morgan fingerprint density at radius 1 is 1.23 bits per heavy atom. The van der Waals surface area contributed by atoms with E-state index in [-0.39, 0.29) is 18.9 Å². The fourth-order valence-corrected chi connectivity index (χ4v) is 3.53. The summed E-state index contributed by atoms with van der Waals surface area (Å²) >= 11 is 0. The van der Waals surface area contributed by atoms with Crippen LogP contribution in [0.3, 0.4) is 0 Å². The molecule has 1 heterocycles. The van der Waals surface area contributed by atoms with Crippen LogP contribution >= 0.6 is 0 Å². The molecule has 0 aliphatic carbocycles. The standard InChI is InChI=1S/C14H19F2NO4S/c15-11-7-12(16)9-13(8-11)22(19,20)17-4-1-14(18)10-2-5-21-6-3-10/h7-10,14,17-18H,1-6H2/t14-/m0/s1. The molecule has 0 saturated carbocycles. The van der Waals surface area contributed by atoms with E-state index >= 15 is 0 Å². The van der Waals surface area contributed by atoms with Gasteiger partial charge in [0.15, 0.2) is 0 Å². The lowest BCUT2D eigenvalue weighted by molar-refractivity contribution is 0.00567. The molecular weight excluding hydrogens is 316 g/mol. The van der Waals surface area contributed by atoms with Crippen LogP contribution in [-0.4, -0.2) is 39.4 Å². The molecule has 1 aliphatic heterocycles. The van der Waals surface area contributed by atoms with E-state index in [1.165, 1.54) is 0 Å². The van der Waals surface area contributed by atoms with E-state index in [1.807, 2.05) is 0 Å². The Morgan fingerprint density at radius 2 is 1.82 bits per heavy atom. The Morgan fingerprint density at radius 3 is 2.41 bits per heavy atom. The molecule has 1 atom stereocenters. The third-order valence-corrected chi connectivity index (χ3v) is 5.13. The number of aliphatic hydroxyl groups excluding tert-OH is 1. The second kappa shape index (κ2) is 7.45. The van der Waals surface area contributed by atoms with Crippen LogP contribution in [0.1, 0.15) is 19.3 Å². The molecule has 1 aromatic rings. The molecule has 0 aromatic heterocycles. The Balaban J connectivity index is 1.89. The first-order valence-corrected chi connectivity index (χ1v) is 8.58. The minimum Gasteiger partial charge on any atom is -0.393 e. The summed E-state index contributed by atoms with van der Waals surface area (Å²) in [7, 11) is -4.00. The van der Waals surface area contributed by atoms with Gasteiger partial charge in [0.2, 0.25) is 10.0 Å². The number of aliphatic hydroxyl groups is 1. The zero-order chi connectivity index (χ0) is 16.2. The van der Waals surface area contributed by atoms with Gasteiger partial charge in [-0.3, -0.25) is 0 Å². The van der Waals surface area contributed by atoms with Crippen molar-refractivity contribution in [2.75, 3.05) is 19.8 Å². The molecule has 22 heavy (non-hydrogen) atoms. The van der Waals surface area contributed by atoms with E-state index in [0.717, 1.165) is 25.0 Å². The molecular formula is C14H19F2NO4S. The number of hydrogen-bond acceptors (Lipinski definition) is 4. The summed E-state index contributed by atoms with van der Waals surface area (Å²) in [5, 5.41) is 10.0. The van der Waals surface area contributed by atoms with Gasteiger partial charge in [-0.1, -0.05) is 0 Å². The summed E-state index contributed by atoms with van der Waals surface area (Å²) in [5.74, 6) is -1.82. The van der Waals surface area contributed by atoms with Gasteiger partial charge in [0.25, 0.3) is 0 Å². The van der Waals surface area contributed by atoms with Crippen molar-refractivity contribution in [3.05, 3.63) is 29.8 Å². The molecule has 0 radical (unpaired) electrons. The molecule has 2 rings (SSSR count). The molecule has 5 nitrogen and oxygen atoms in total. The maximum atomic E-state index is 13.1. The van der Waals surface area contributed by atoms with Crippen molar-refractivity contribution in [3.8, 4) is 0 Å². The maximum absolute atomic E-state index is 13.1. The second-order valence-corrected chi connectivity index (χ2v) is 7.08. The number of ether oxygens (including phenoxy) is 1. The Kier molecular flexibility index (Phi) is 5.85. The van der Waals surface area contributed by atoms with Crippen molar-refractivity contribution in [2.24, 2.45) is 5.92 Å². The molecule has 0 unspecified atom stereocenters. The highest BCUT2D eigenvalue weighted by Crippen LogP contribution is 2.20. The predicted octanol–water partition coefficient (Wildman–Crippen LogP) is 1.42. The first kappa shape index (κ1) is 17.3. The van der Waals surface area contributed by atoms with Crippen molar-refractivity contribution in [1.82, 2.24) is 4.72 Å². The average molecular weight is 335 g/mol. The molecule has 0 amide bonds. The zero-order valence-corrected chi connectivity index (χ0v) is 12.8. The molecule has 0 spiro atoms. The molecule has 1 aromatic carbocycles. The minimum atomic E-state index is -4.00. The fraction of sp³-hybridized carbons (Fsp3) is 0.571. The molecule has 2 N–H and O–H groups in total. The van der Waals surface area contributed by atoms with Crippen LogP contribution in [0.4, 0.5) is 8.78 Å². The van der Waals surface area contributed by atoms with Gasteiger partial charge < -0.3 is 9.84 Å². The summed E-state index contributed by atoms with van der Waals surface area (Å²) in [6.07, 6.45) is 1.09. The van der Waals surface area contributed by atoms with Gasteiger partial charge in [0.1, 0.15) is 11.6 Å². The lowest BCUT2D eigenvalue weighted by atomic mass is 9.92. The number of benzene rings is 1. The molecule has 124 valence electrons. The summed E-state index contributed by atoms with van der Waals surface area (Å²) in [6.45, 7) is 1.19. The van der Waals surface area contributed by atoms with E-state index < -0.39 is 32.7 Å². The quantitative estimate of drug-likeness (QED) is 0.824. The molecule has 8 heteroatoms. The Bertz CT molecular complexity index is 583. The molecule has 0 bridgehead atoms. The van der Waals surface area contributed by atoms with Crippen molar-refractivity contribution in [2.45, 2.75) is 30.3 Å². The van der Waals surface area contributed by atoms with Gasteiger partial charge >= 0.3 is 0 Å². The van der Waals surface area contributed by atoms with Crippen LogP contribution in [0, 0.1) is 17.6 Å². The summed E-state index contributed by atoms with van der Waals surface area (Å²) < 4.78 is 57.5. The van der Waals surface area contributed by atoms with Crippen molar-refractivity contribution < 1.29 is 27.0 Å². The van der Waals surface area contributed by atoms with E-state index in [9.17, 15) is 22.3 Å². The van der Waals surface area contributed by atoms with Crippen LogP contribution in [0.15, 0.2) is 23.1 Å². The van der Waals surface area contributed by atoms with Crippen LogP contribution < -0.4 is 4.72 Å². The van der Waals surface area contributed by atoms with E-state index in [4.69, 9.17) is 4.74 Å². The van der Waals surface area contributed by atoms with E-state index in [2.05, 4.69) is 4.72 Å². The van der Waals surface area contributed by atoms with Crippen LogP contribution in [0.5, 0.6) is 0 Å². The van der Waals surface area contributed by atoms with Crippen LogP contribution in [0.25, 0.3) is 0 Å².